The van der Waals surface area contributed by atoms with E-state index in [0.717, 1.165) is 25.7 Å². The fourth-order valence-corrected chi connectivity index (χ4v) is 3.35. The monoisotopic (exact) mass is 382 g/mol. The third kappa shape index (κ3) is 4.65. The third-order valence-corrected chi connectivity index (χ3v) is 4.93. The SMILES string of the molecule is CCCCNC(=O)C1CCCN(C(=O)c2ccc(=O)n(-c3ccccc3)n2)C1. The Bertz CT molecular complexity index is 879. The number of amides is 2. The second-order valence-corrected chi connectivity index (χ2v) is 7.04. The number of likely N-dealkylation sites (tertiary alicyclic amines) is 1. The molecule has 0 aliphatic carbocycles. The minimum absolute atomic E-state index is 0.00756. The second kappa shape index (κ2) is 9.30. The molecular formula is C21H26N4O3. The van der Waals surface area contributed by atoms with E-state index < -0.39 is 0 Å². The molecule has 3 rings (SSSR count). The lowest BCUT2D eigenvalue weighted by Gasteiger charge is -2.31. The standard InChI is InChI=1S/C21H26N4O3/c1-2-3-13-22-20(27)16-8-7-14-24(15-16)21(28)18-11-12-19(26)25(23-18)17-9-5-4-6-10-17/h4-6,9-12,16H,2-3,7-8,13-15H2,1H3,(H,22,27). The van der Waals surface area contributed by atoms with Crippen LogP contribution in [0.5, 0.6) is 0 Å². The zero-order valence-corrected chi connectivity index (χ0v) is 16.1. The van der Waals surface area contributed by atoms with Gasteiger partial charge in [-0.05, 0) is 37.5 Å². The van der Waals surface area contributed by atoms with Crippen molar-refractivity contribution in [1.82, 2.24) is 20.0 Å². The van der Waals surface area contributed by atoms with Gasteiger partial charge in [-0.2, -0.15) is 9.78 Å². The van der Waals surface area contributed by atoms with Crippen molar-refractivity contribution >= 4 is 11.8 Å². The fourth-order valence-electron chi connectivity index (χ4n) is 3.35. The van der Waals surface area contributed by atoms with E-state index in [-0.39, 0.29) is 29.0 Å². The lowest BCUT2D eigenvalue weighted by atomic mass is 9.96. The van der Waals surface area contributed by atoms with Gasteiger partial charge in [0.15, 0.2) is 0 Å². The molecule has 1 aliphatic rings. The molecule has 148 valence electrons. The minimum Gasteiger partial charge on any atom is -0.356 e. The summed E-state index contributed by atoms with van der Waals surface area (Å²) in [6.45, 7) is 3.71. The van der Waals surface area contributed by atoms with E-state index in [4.69, 9.17) is 0 Å². The van der Waals surface area contributed by atoms with Gasteiger partial charge in [-0.15, -0.1) is 0 Å². The van der Waals surface area contributed by atoms with E-state index in [2.05, 4.69) is 17.3 Å². The van der Waals surface area contributed by atoms with E-state index in [9.17, 15) is 14.4 Å². The molecule has 0 bridgehead atoms. The first-order valence-corrected chi connectivity index (χ1v) is 9.83. The van der Waals surface area contributed by atoms with Crippen LogP contribution in [0, 0.1) is 5.92 Å². The number of hydrogen-bond acceptors (Lipinski definition) is 4. The Hall–Kier alpha value is -2.96. The summed E-state index contributed by atoms with van der Waals surface area (Å²) in [7, 11) is 0. The number of benzene rings is 1. The van der Waals surface area contributed by atoms with Crippen LogP contribution in [-0.2, 0) is 4.79 Å². The first kappa shape index (κ1) is 19.8. The van der Waals surface area contributed by atoms with E-state index >= 15 is 0 Å². The Labute approximate surface area is 164 Å². The van der Waals surface area contributed by atoms with Gasteiger partial charge in [0.2, 0.25) is 5.91 Å². The quantitative estimate of drug-likeness (QED) is 0.775. The van der Waals surface area contributed by atoms with Crippen LogP contribution in [0.2, 0.25) is 0 Å². The smallest absolute Gasteiger partial charge is 0.274 e. The van der Waals surface area contributed by atoms with Crippen molar-refractivity contribution < 1.29 is 9.59 Å². The summed E-state index contributed by atoms with van der Waals surface area (Å²) in [4.78, 5) is 39.1. The molecule has 2 aromatic rings. The maximum Gasteiger partial charge on any atom is 0.274 e. The molecule has 7 nitrogen and oxygen atoms in total. The van der Waals surface area contributed by atoms with Crippen LogP contribution in [0.3, 0.4) is 0 Å². The summed E-state index contributed by atoms with van der Waals surface area (Å²) in [6, 6.07) is 11.8. The Morgan fingerprint density at radius 1 is 1.18 bits per heavy atom. The highest BCUT2D eigenvalue weighted by molar-refractivity contribution is 5.92. The zero-order valence-electron chi connectivity index (χ0n) is 16.1. The summed E-state index contributed by atoms with van der Waals surface area (Å²) in [6.07, 6.45) is 3.53. The third-order valence-electron chi connectivity index (χ3n) is 4.93. The lowest BCUT2D eigenvalue weighted by molar-refractivity contribution is -0.126. The van der Waals surface area contributed by atoms with Crippen LogP contribution in [-0.4, -0.2) is 46.1 Å². The number of para-hydroxylation sites is 1. The Kier molecular flexibility index (Phi) is 6.57. The number of nitrogens with one attached hydrogen (secondary N) is 1. The molecule has 1 aromatic heterocycles. The van der Waals surface area contributed by atoms with Gasteiger partial charge in [0.1, 0.15) is 5.69 Å². The van der Waals surface area contributed by atoms with Crippen molar-refractivity contribution in [1.29, 1.82) is 0 Å². The second-order valence-electron chi connectivity index (χ2n) is 7.04. The van der Waals surface area contributed by atoms with Gasteiger partial charge in [0.05, 0.1) is 11.6 Å². The van der Waals surface area contributed by atoms with E-state index in [1.165, 1.54) is 16.8 Å². The first-order valence-electron chi connectivity index (χ1n) is 9.83. The number of unbranched alkanes of at least 4 members (excludes halogenated alkanes) is 1. The lowest BCUT2D eigenvalue weighted by Crippen LogP contribution is -2.46. The molecule has 1 atom stereocenters. The minimum atomic E-state index is -0.297. The van der Waals surface area contributed by atoms with Crippen molar-refractivity contribution in [3.05, 3.63) is 58.5 Å². The van der Waals surface area contributed by atoms with Gasteiger partial charge in [0, 0.05) is 25.7 Å². The molecule has 2 heterocycles. The molecule has 2 amide bonds. The predicted molar refractivity (Wildman–Crippen MR) is 106 cm³/mol. The summed E-state index contributed by atoms with van der Waals surface area (Å²) in [5.74, 6) is -0.446. The van der Waals surface area contributed by atoms with Crippen LogP contribution < -0.4 is 10.9 Å². The summed E-state index contributed by atoms with van der Waals surface area (Å²) in [5, 5.41) is 7.21. The molecular weight excluding hydrogens is 356 g/mol. The summed E-state index contributed by atoms with van der Waals surface area (Å²) in [5.41, 5.74) is 0.513. The molecule has 1 aliphatic heterocycles. The molecule has 0 saturated carbocycles. The maximum atomic E-state index is 12.9. The molecule has 0 radical (unpaired) electrons. The zero-order chi connectivity index (χ0) is 19.9. The van der Waals surface area contributed by atoms with Crippen LogP contribution in [0.4, 0.5) is 0 Å². The Morgan fingerprint density at radius 2 is 1.96 bits per heavy atom. The molecule has 1 aromatic carbocycles. The number of hydrogen-bond donors (Lipinski definition) is 1. The van der Waals surface area contributed by atoms with Crippen molar-refractivity contribution in [2.45, 2.75) is 32.6 Å². The van der Waals surface area contributed by atoms with E-state index in [0.29, 0.717) is 25.3 Å². The highest BCUT2D eigenvalue weighted by Gasteiger charge is 2.29. The van der Waals surface area contributed by atoms with Gasteiger partial charge in [-0.1, -0.05) is 31.5 Å². The van der Waals surface area contributed by atoms with E-state index in [1.54, 1.807) is 17.0 Å². The Balaban J connectivity index is 1.73. The molecule has 1 N–H and O–H groups in total. The molecule has 1 unspecified atom stereocenters. The topological polar surface area (TPSA) is 84.3 Å². The van der Waals surface area contributed by atoms with Gasteiger partial charge in [0.25, 0.3) is 11.5 Å². The Morgan fingerprint density at radius 3 is 2.71 bits per heavy atom. The van der Waals surface area contributed by atoms with Gasteiger partial charge in [-0.25, -0.2) is 0 Å². The number of carbonyl (C=O) groups is 2. The molecule has 7 heteroatoms. The van der Waals surface area contributed by atoms with E-state index in [1.807, 2.05) is 18.2 Å². The summed E-state index contributed by atoms with van der Waals surface area (Å²) < 4.78 is 1.23. The number of piperidine rings is 1. The maximum absolute atomic E-state index is 12.9. The average Bonchev–Trinajstić information content (AvgIpc) is 2.74. The largest absolute Gasteiger partial charge is 0.356 e. The number of carbonyl (C=O) groups excluding carboxylic acids is 2. The van der Waals surface area contributed by atoms with Crippen LogP contribution in [0.15, 0.2) is 47.3 Å². The fraction of sp³-hybridized carbons (Fsp3) is 0.429. The van der Waals surface area contributed by atoms with Crippen LogP contribution >= 0.6 is 0 Å². The van der Waals surface area contributed by atoms with Gasteiger partial charge >= 0.3 is 0 Å². The molecule has 28 heavy (non-hydrogen) atoms. The number of aromatic nitrogens is 2. The number of nitrogens with zero attached hydrogens (tertiary/aromatic N) is 3. The molecule has 1 fully saturated rings. The van der Waals surface area contributed by atoms with Crippen molar-refractivity contribution in [2.75, 3.05) is 19.6 Å². The van der Waals surface area contributed by atoms with Crippen molar-refractivity contribution in [3.8, 4) is 5.69 Å². The van der Waals surface area contributed by atoms with Gasteiger partial charge < -0.3 is 10.2 Å². The highest BCUT2D eigenvalue weighted by Crippen LogP contribution is 2.18. The summed E-state index contributed by atoms with van der Waals surface area (Å²) >= 11 is 0. The molecule has 1 saturated heterocycles. The first-order chi connectivity index (χ1) is 13.6. The van der Waals surface area contributed by atoms with Crippen molar-refractivity contribution in [3.63, 3.8) is 0 Å². The average molecular weight is 382 g/mol. The molecule has 0 spiro atoms. The highest BCUT2D eigenvalue weighted by atomic mass is 16.2. The van der Waals surface area contributed by atoms with Crippen LogP contribution in [0.1, 0.15) is 43.1 Å². The van der Waals surface area contributed by atoms with Crippen LogP contribution in [0.25, 0.3) is 5.69 Å². The predicted octanol–water partition coefficient (Wildman–Crippen LogP) is 2.00. The van der Waals surface area contributed by atoms with Crippen molar-refractivity contribution in [2.24, 2.45) is 5.92 Å². The normalized spacial score (nSPS) is 16.6. The van der Waals surface area contributed by atoms with Gasteiger partial charge in [-0.3, -0.25) is 14.4 Å². The number of rotatable bonds is 6.